The lowest BCUT2D eigenvalue weighted by molar-refractivity contribution is -0.146. The SMILES string of the molecule is CC(C)(NC(=O)[C@H]1CC[C@@H](c2ccc(NC(=O)C3COc4ccccc4O3)cc2)CC1)C(=O)O. The Morgan fingerprint density at radius 1 is 0.912 bits per heavy atom. The van der Waals surface area contributed by atoms with Gasteiger partial charge in [-0.2, -0.15) is 0 Å². The third-order valence-corrected chi connectivity index (χ3v) is 6.52. The number of amides is 2. The summed E-state index contributed by atoms with van der Waals surface area (Å²) in [6, 6.07) is 15.0. The van der Waals surface area contributed by atoms with Crippen LogP contribution in [0.1, 0.15) is 51.0 Å². The van der Waals surface area contributed by atoms with Crippen molar-refractivity contribution < 1.29 is 29.0 Å². The van der Waals surface area contributed by atoms with E-state index >= 15 is 0 Å². The number of hydrogen-bond acceptors (Lipinski definition) is 5. The molecule has 2 aromatic carbocycles. The van der Waals surface area contributed by atoms with Crippen LogP contribution < -0.4 is 20.1 Å². The topological polar surface area (TPSA) is 114 Å². The highest BCUT2D eigenvalue weighted by atomic mass is 16.6. The van der Waals surface area contributed by atoms with Gasteiger partial charge in [0.2, 0.25) is 12.0 Å². The molecule has 1 aliphatic carbocycles. The van der Waals surface area contributed by atoms with Gasteiger partial charge in [-0.25, -0.2) is 4.79 Å². The highest BCUT2D eigenvalue weighted by Crippen LogP contribution is 2.36. The molecule has 0 bridgehead atoms. The summed E-state index contributed by atoms with van der Waals surface area (Å²) in [6.45, 7) is 3.14. The zero-order chi connectivity index (χ0) is 24.3. The minimum absolute atomic E-state index is 0.154. The van der Waals surface area contributed by atoms with Gasteiger partial charge in [-0.15, -0.1) is 0 Å². The van der Waals surface area contributed by atoms with Crippen LogP contribution >= 0.6 is 0 Å². The number of para-hydroxylation sites is 2. The van der Waals surface area contributed by atoms with Crippen LogP contribution in [-0.4, -0.2) is 41.1 Å². The van der Waals surface area contributed by atoms with Gasteiger partial charge >= 0.3 is 5.97 Å². The number of hydrogen-bond donors (Lipinski definition) is 3. The first-order chi connectivity index (χ1) is 16.2. The van der Waals surface area contributed by atoms with E-state index in [4.69, 9.17) is 9.47 Å². The van der Waals surface area contributed by atoms with Crippen molar-refractivity contribution >= 4 is 23.5 Å². The number of benzene rings is 2. The van der Waals surface area contributed by atoms with E-state index in [2.05, 4.69) is 10.6 Å². The molecule has 8 nitrogen and oxygen atoms in total. The van der Waals surface area contributed by atoms with Crippen molar-refractivity contribution in [3.05, 3.63) is 54.1 Å². The summed E-state index contributed by atoms with van der Waals surface area (Å²) in [5, 5.41) is 14.7. The maximum absolute atomic E-state index is 12.6. The van der Waals surface area contributed by atoms with Crippen LogP contribution in [0.15, 0.2) is 48.5 Å². The zero-order valence-electron chi connectivity index (χ0n) is 19.4. The highest BCUT2D eigenvalue weighted by Gasteiger charge is 2.34. The van der Waals surface area contributed by atoms with Crippen molar-refractivity contribution in [2.75, 3.05) is 11.9 Å². The summed E-state index contributed by atoms with van der Waals surface area (Å²) >= 11 is 0. The molecule has 4 rings (SSSR count). The Balaban J connectivity index is 1.28. The largest absolute Gasteiger partial charge is 0.485 e. The van der Waals surface area contributed by atoms with Gasteiger partial charge in [0.25, 0.3) is 5.91 Å². The normalized spacial score (nSPS) is 21.9. The fourth-order valence-electron chi connectivity index (χ4n) is 4.36. The molecule has 1 saturated carbocycles. The quantitative estimate of drug-likeness (QED) is 0.598. The van der Waals surface area contributed by atoms with E-state index in [0.29, 0.717) is 35.9 Å². The molecule has 0 saturated heterocycles. The van der Waals surface area contributed by atoms with E-state index < -0.39 is 17.6 Å². The molecule has 1 fully saturated rings. The Morgan fingerprint density at radius 3 is 2.21 bits per heavy atom. The van der Waals surface area contributed by atoms with Gasteiger partial charge in [0.05, 0.1) is 0 Å². The number of carboxylic acids is 1. The second-order valence-electron chi connectivity index (χ2n) is 9.44. The standard InChI is InChI=1S/C26H30N2O6/c1-26(2,25(31)32)28-23(29)18-9-7-16(8-10-18)17-11-13-19(14-12-17)27-24(30)22-15-33-20-5-3-4-6-21(20)34-22/h3-6,11-14,16,18,22H,7-10,15H2,1-2H3,(H,27,30)(H,28,29)(H,31,32)/t16-,18+,22?. The number of ether oxygens (including phenoxy) is 2. The number of nitrogens with one attached hydrogen (secondary N) is 2. The van der Waals surface area contributed by atoms with Gasteiger partial charge in [0.1, 0.15) is 12.1 Å². The van der Waals surface area contributed by atoms with Gasteiger partial charge in [-0.3, -0.25) is 9.59 Å². The van der Waals surface area contributed by atoms with Crippen molar-refractivity contribution in [2.24, 2.45) is 5.92 Å². The number of anilines is 1. The Labute approximate surface area is 198 Å². The molecule has 1 atom stereocenters. The van der Waals surface area contributed by atoms with Gasteiger partial charge in [-0.05, 0) is 75.3 Å². The lowest BCUT2D eigenvalue weighted by Crippen LogP contribution is -2.51. The third-order valence-electron chi connectivity index (χ3n) is 6.52. The van der Waals surface area contributed by atoms with Gasteiger partial charge in [0, 0.05) is 11.6 Å². The molecule has 3 N–H and O–H groups in total. The fourth-order valence-corrected chi connectivity index (χ4v) is 4.36. The van der Waals surface area contributed by atoms with Gasteiger partial charge in [0.15, 0.2) is 11.5 Å². The molecule has 2 amide bonds. The van der Waals surface area contributed by atoms with Crippen LogP contribution in [0.5, 0.6) is 11.5 Å². The molecule has 2 aliphatic rings. The first kappa shape index (κ1) is 23.6. The van der Waals surface area contributed by atoms with Gasteiger partial charge in [-0.1, -0.05) is 24.3 Å². The third kappa shape index (κ3) is 5.32. The summed E-state index contributed by atoms with van der Waals surface area (Å²) < 4.78 is 11.4. The average molecular weight is 467 g/mol. The van der Waals surface area contributed by atoms with Crippen LogP contribution in [0.3, 0.4) is 0 Å². The smallest absolute Gasteiger partial charge is 0.328 e. The number of carbonyl (C=O) groups excluding carboxylic acids is 2. The molecular weight excluding hydrogens is 436 g/mol. The van der Waals surface area contributed by atoms with Crippen molar-refractivity contribution in [3.63, 3.8) is 0 Å². The predicted molar refractivity (Wildman–Crippen MR) is 126 cm³/mol. The molecule has 8 heteroatoms. The molecule has 0 radical (unpaired) electrons. The molecule has 1 aliphatic heterocycles. The molecule has 1 unspecified atom stereocenters. The Hall–Kier alpha value is -3.55. The van der Waals surface area contributed by atoms with E-state index in [1.807, 2.05) is 36.4 Å². The predicted octanol–water partition coefficient (Wildman–Crippen LogP) is 3.72. The van der Waals surface area contributed by atoms with E-state index in [1.165, 1.54) is 13.8 Å². The van der Waals surface area contributed by atoms with Crippen molar-refractivity contribution in [3.8, 4) is 11.5 Å². The number of fused-ring (bicyclic) bond motifs is 1. The van der Waals surface area contributed by atoms with Crippen molar-refractivity contribution in [1.29, 1.82) is 0 Å². The molecule has 180 valence electrons. The minimum atomic E-state index is -1.27. The second kappa shape index (κ2) is 9.75. The van der Waals surface area contributed by atoms with Crippen LogP contribution in [-0.2, 0) is 14.4 Å². The molecule has 0 aromatic heterocycles. The van der Waals surface area contributed by atoms with E-state index in [-0.39, 0.29) is 24.3 Å². The van der Waals surface area contributed by atoms with Crippen LogP contribution in [0.25, 0.3) is 0 Å². The average Bonchev–Trinajstić information content (AvgIpc) is 2.84. The Bertz CT molecular complexity index is 1060. The maximum atomic E-state index is 12.6. The van der Waals surface area contributed by atoms with Crippen LogP contribution in [0.2, 0.25) is 0 Å². The number of carboxylic acid groups (broad SMARTS) is 1. The number of carbonyl (C=O) groups is 3. The zero-order valence-corrected chi connectivity index (χ0v) is 19.4. The van der Waals surface area contributed by atoms with Crippen molar-refractivity contribution in [1.82, 2.24) is 5.32 Å². The Morgan fingerprint density at radius 2 is 1.56 bits per heavy atom. The molecule has 1 heterocycles. The summed E-state index contributed by atoms with van der Waals surface area (Å²) in [5.74, 6) is -0.162. The van der Waals surface area contributed by atoms with E-state index in [1.54, 1.807) is 12.1 Å². The van der Waals surface area contributed by atoms with Crippen molar-refractivity contribution in [2.45, 2.75) is 57.1 Å². The summed E-state index contributed by atoms with van der Waals surface area (Å²) in [5.41, 5.74) is 0.570. The fraction of sp³-hybridized carbons (Fsp3) is 0.423. The summed E-state index contributed by atoms with van der Waals surface area (Å²) in [4.78, 5) is 36.3. The summed E-state index contributed by atoms with van der Waals surface area (Å²) in [6.07, 6.45) is 2.41. The van der Waals surface area contributed by atoms with Gasteiger partial charge < -0.3 is 25.2 Å². The minimum Gasteiger partial charge on any atom is -0.485 e. The number of aliphatic carboxylic acids is 1. The first-order valence-corrected chi connectivity index (χ1v) is 11.6. The maximum Gasteiger partial charge on any atom is 0.328 e. The molecule has 34 heavy (non-hydrogen) atoms. The van der Waals surface area contributed by atoms with Crippen LogP contribution in [0, 0.1) is 5.92 Å². The summed E-state index contributed by atoms with van der Waals surface area (Å²) in [7, 11) is 0. The first-order valence-electron chi connectivity index (χ1n) is 11.6. The monoisotopic (exact) mass is 466 g/mol. The second-order valence-corrected chi connectivity index (χ2v) is 9.44. The molecular formula is C26H30N2O6. The lowest BCUT2D eigenvalue weighted by atomic mass is 9.78. The Kier molecular flexibility index (Phi) is 6.77. The lowest BCUT2D eigenvalue weighted by Gasteiger charge is -2.30. The van der Waals surface area contributed by atoms with Crippen LogP contribution in [0.4, 0.5) is 5.69 Å². The highest BCUT2D eigenvalue weighted by molar-refractivity contribution is 5.94. The van der Waals surface area contributed by atoms with E-state index in [0.717, 1.165) is 18.4 Å². The number of rotatable bonds is 6. The molecule has 2 aromatic rings. The molecule has 0 spiro atoms. The van der Waals surface area contributed by atoms with E-state index in [9.17, 15) is 19.5 Å².